The number of benzene rings is 2. The summed E-state index contributed by atoms with van der Waals surface area (Å²) in [6.07, 6.45) is 4.25. The molecule has 0 saturated carbocycles. The molecule has 2 aromatic carbocycles. The Morgan fingerprint density at radius 3 is 2.31 bits per heavy atom. The van der Waals surface area contributed by atoms with Crippen LogP contribution in [-0.2, 0) is 14.3 Å². The van der Waals surface area contributed by atoms with Crippen LogP contribution in [0.25, 0.3) is 12.2 Å². The molecule has 0 aliphatic carbocycles. The minimum absolute atomic E-state index is 0.0248. The molecule has 0 bridgehead atoms. The van der Waals surface area contributed by atoms with Crippen molar-refractivity contribution in [3.63, 3.8) is 0 Å². The zero-order valence-corrected chi connectivity index (χ0v) is 15.5. The van der Waals surface area contributed by atoms with Gasteiger partial charge in [0.15, 0.2) is 0 Å². The number of esters is 1. The van der Waals surface area contributed by atoms with E-state index in [4.69, 9.17) is 10.00 Å². The summed E-state index contributed by atoms with van der Waals surface area (Å²) in [5.41, 5.74) is 1.64. The maximum atomic E-state index is 12.0. The molecule has 146 valence electrons. The number of hydrogen-bond donors (Lipinski definition) is 1. The maximum absolute atomic E-state index is 12.0. The zero-order chi connectivity index (χ0) is 21.2. The van der Waals surface area contributed by atoms with Gasteiger partial charge in [0.1, 0.15) is 11.6 Å². The number of nitro groups is 1. The third-order valence-corrected chi connectivity index (χ3v) is 3.64. The summed E-state index contributed by atoms with van der Waals surface area (Å²) in [6.45, 7) is 1.83. The standard InChI is InChI=1S/C21H17N3O5/c1-2-29-21(26)17(14-22)13-16-3-8-18(9-4-16)23-20(25)12-7-15-5-10-19(11-6-15)24(27)28/h3-13H,2H2,1H3,(H,23,25)/b12-7+,17-13+. The van der Waals surface area contributed by atoms with Crippen molar-refractivity contribution < 1.29 is 19.2 Å². The fourth-order valence-corrected chi connectivity index (χ4v) is 2.24. The Morgan fingerprint density at radius 2 is 1.76 bits per heavy atom. The third kappa shape index (κ3) is 6.45. The summed E-state index contributed by atoms with van der Waals surface area (Å²) >= 11 is 0. The van der Waals surface area contributed by atoms with Crippen LogP contribution in [0.15, 0.2) is 60.2 Å². The summed E-state index contributed by atoms with van der Waals surface area (Å²) in [4.78, 5) is 33.8. The van der Waals surface area contributed by atoms with Gasteiger partial charge in [0.05, 0.1) is 11.5 Å². The first-order chi connectivity index (χ1) is 13.9. The zero-order valence-electron chi connectivity index (χ0n) is 15.5. The van der Waals surface area contributed by atoms with Gasteiger partial charge in [-0.2, -0.15) is 5.26 Å². The quantitative estimate of drug-likeness (QED) is 0.252. The number of nitrogens with zero attached hydrogens (tertiary/aromatic N) is 2. The van der Waals surface area contributed by atoms with Gasteiger partial charge in [0, 0.05) is 23.9 Å². The molecule has 0 aromatic heterocycles. The highest BCUT2D eigenvalue weighted by Crippen LogP contribution is 2.15. The first-order valence-corrected chi connectivity index (χ1v) is 8.55. The highest BCUT2D eigenvalue weighted by molar-refractivity contribution is 6.02. The molecule has 0 spiro atoms. The second kappa shape index (κ2) is 10.2. The molecule has 1 N–H and O–H groups in total. The van der Waals surface area contributed by atoms with Gasteiger partial charge in [-0.25, -0.2) is 4.79 Å². The molecule has 0 saturated heterocycles. The number of nitrogens with one attached hydrogen (secondary N) is 1. The van der Waals surface area contributed by atoms with Crippen molar-refractivity contribution in [1.82, 2.24) is 0 Å². The Labute approximate surface area is 166 Å². The van der Waals surface area contributed by atoms with Gasteiger partial charge in [-0.05, 0) is 54.5 Å². The number of nitriles is 1. The monoisotopic (exact) mass is 391 g/mol. The topological polar surface area (TPSA) is 122 Å². The molecule has 0 heterocycles. The van der Waals surface area contributed by atoms with E-state index in [0.29, 0.717) is 16.8 Å². The number of amides is 1. The molecule has 0 atom stereocenters. The van der Waals surface area contributed by atoms with Crippen LogP contribution in [-0.4, -0.2) is 23.4 Å². The molecule has 0 radical (unpaired) electrons. The van der Waals surface area contributed by atoms with Gasteiger partial charge >= 0.3 is 5.97 Å². The fraction of sp³-hybridized carbons (Fsp3) is 0.0952. The average Bonchev–Trinajstić information content (AvgIpc) is 2.72. The van der Waals surface area contributed by atoms with E-state index >= 15 is 0 Å². The molecule has 0 unspecified atom stereocenters. The van der Waals surface area contributed by atoms with Crippen LogP contribution >= 0.6 is 0 Å². The summed E-state index contributed by atoms with van der Waals surface area (Å²) in [5.74, 6) is -1.07. The number of hydrogen-bond acceptors (Lipinski definition) is 6. The van der Waals surface area contributed by atoms with Crippen molar-refractivity contribution >= 4 is 35.4 Å². The highest BCUT2D eigenvalue weighted by atomic mass is 16.6. The fourth-order valence-electron chi connectivity index (χ4n) is 2.24. The lowest BCUT2D eigenvalue weighted by Crippen LogP contribution is -2.07. The smallest absolute Gasteiger partial charge is 0.348 e. The van der Waals surface area contributed by atoms with E-state index in [1.165, 1.54) is 30.4 Å². The van der Waals surface area contributed by atoms with E-state index in [9.17, 15) is 19.7 Å². The Bertz CT molecular complexity index is 1000. The Hall–Kier alpha value is -4.25. The number of nitro benzene ring substituents is 1. The number of rotatable bonds is 7. The second-order valence-corrected chi connectivity index (χ2v) is 5.68. The molecule has 2 aromatic rings. The number of carbonyl (C=O) groups excluding carboxylic acids is 2. The van der Waals surface area contributed by atoms with Crippen molar-refractivity contribution in [1.29, 1.82) is 5.26 Å². The summed E-state index contributed by atoms with van der Waals surface area (Å²) in [6, 6.07) is 14.1. The molecule has 0 aliphatic heterocycles. The molecule has 2 rings (SSSR count). The van der Waals surface area contributed by atoms with Gasteiger partial charge in [-0.1, -0.05) is 12.1 Å². The summed E-state index contributed by atoms with van der Waals surface area (Å²) in [5, 5.41) is 22.3. The van der Waals surface area contributed by atoms with E-state index in [1.54, 1.807) is 49.4 Å². The minimum atomic E-state index is -0.691. The maximum Gasteiger partial charge on any atom is 0.348 e. The van der Waals surface area contributed by atoms with Crippen LogP contribution in [0.2, 0.25) is 0 Å². The third-order valence-electron chi connectivity index (χ3n) is 3.64. The van der Waals surface area contributed by atoms with E-state index in [-0.39, 0.29) is 23.8 Å². The SMILES string of the molecule is CCOC(=O)/C(C#N)=C/c1ccc(NC(=O)/C=C/c2ccc([N+](=O)[O-])cc2)cc1. The lowest BCUT2D eigenvalue weighted by Gasteiger charge is -2.03. The lowest BCUT2D eigenvalue weighted by molar-refractivity contribution is -0.384. The van der Waals surface area contributed by atoms with Crippen molar-refractivity contribution in [3.8, 4) is 6.07 Å². The predicted molar refractivity (Wildman–Crippen MR) is 107 cm³/mol. The first-order valence-electron chi connectivity index (χ1n) is 8.55. The molecule has 29 heavy (non-hydrogen) atoms. The molecular formula is C21H17N3O5. The Balaban J connectivity index is 2.00. The lowest BCUT2D eigenvalue weighted by atomic mass is 10.1. The predicted octanol–water partition coefficient (Wildman–Crippen LogP) is 3.72. The van der Waals surface area contributed by atoms with Crippen LogP contribution in [0, 0.1) is 21.4 Å². The van der Waals surface area contributed by atoms with Crippen molar-refractivity contribution in [2.45, 2.75) is 6.92 Å². The van der Waals surface area contributed by atoms with E-state index in [0.717, 1.165) is 0 Å². The van der Waals surface area contributed by atoms with Gasteiger partial charge in [0.25, 0.3) is 5.69 Å². The van der Waals surface area contributed by atoms with E-state index < -0.39 is 10.9 Å². The summed E-state index contributed by atoms with van der Waals surface area (Å²) in [7, 11) is 0. The van der Waals surface area contributed by atoms with Crippen molar-refractivity contribution in [3.05, 3.63) is 81.4 Å². The van der Waals surface area contributed by atoms with Gasteiger partial charge < -0.3 is 10.1 Å². The van der Waals surface area contributed by atoms with Gasteiger partial charge in [0.2, 0.25) is 5.91 Å². The van der Waals surface area contributed by atoms with Crippen LogP contribution in [0.4, 0.5) is 11.4 Å². The van der Waals surface area contributed by atoms with Crippen LogP contribution in [0.5, 0.6) is 0 Å². The molecular weight excluding hydrogens is 374 g/mol. The van der Waals surface area contributed by atoms with E-state index in [1.807, 2.05) is 0 Å². The number of carbonyl (C=O) groups is 2. The normalized spacial score (nSPS) is 11.0. The van der Waals surface area contributed by atoms with Gasteiger partial charge in [-0.15, -0.1) is 0 Å². The van der Waals surface area contributed by atoms with Crippen LogP contribution in [0.1, 0.15) is 18.1 Å². The van der Waals surface area contributed by atoms with Crippen LogP contribution < -0.4 is 5.32 Å². The summed E-state index contributed by atoms with van der Waals surface area (Å²) < 4.78 is 4.80. The minimum Gasteiger partial charge on any atom is -0.462 e. The average molecular weight is 391 g/mol. The molecule has 8 nitrogen and oxygen atoms in total. The Morgan fingerprint density at radius 1 is 1.14 bits per heavy atom. The van der Waals surface area contributed by atoms with Crippen LogP contribution in [0.3, 0.4) is 0 Å². The van der Waals surface area contributed by atoms with Crippen molar-refractivity contribution in [2.75, 3.05) is 11.9 Å². The van der Waals surface area contributed by atoms with Crippen molar-refractivity contribution in [2.24, 2.45) is 0 Å². The highest BCUT2D eigenvalue weighted by Gasteiger charge is 2.09. The largest absolute Gasteiger partial charge is 0.462 e. The second-order valence-electron chi connectivity index (χ2n) is 5.68. The molecule has 0 fully saturated rings. The number of ether oxygens (including phenoxy) is 1. The number of anilines is 1. The molecule has 0 aliphatic rings. The first kappa shape index (κ1) is 21.1. The molecule has 8 heteroatoms. The number of non-ortho nitro benzene ring substituents is 1. The molecule has 1 amide bonds. The van der Waals surface area contributed by atoms with Gasteiger partial charge in [-0.3, -0.25) is 14.9 Å². The van der Waals surface area contributed by atoms with E-state index in [2.05, 4.69) is 5.32 Å². The Kier molecular flexibility index (Phi) is 7.39.